The van der Waals surface area contributed by atoms with Gasteiger partial charge in [0, 0.05) is 16.3 Å². The number of rotatable bonds is 4. The van der Waals surface area contributed by atoms with Crippen LogP contribution in [-0.2, 0) is 4.74 Å². The topological polar surface area (TPSA) is 55.8 Å². The SMILES string of the molecule is Cc1ccc(C(=O)Oc2cccc(C3CN(C(=O)c4ccc(C)s4)CCO3)c2)s1. The van der Waals surface area contributed by atoms with Gasteiger partial charge in [0.15, 0.2) is 0 Å². The Kier molecular flexibility index (Phi) is 5.80. The third kappa shape index (κ3) is 4.58. The van der Waals surface area contributed by atoms with Crippen LogP contribution in [0.3, 0.4) is 0 Å². The highest BCUT2D eigenvalue weighted by atomic mass is 32.1. The number of aryl methyl sites for hydroxylation is 2. The first-order valence-electron chi connectivity index (χ1n) is 9.35. The van der Waals surface area contributed by atoms with E-state index in [2.05, 4.69) is 0 Å². The second-order valence-electron chi connectivity index (χ2n) is 6.89. The van der Waals surface area contributed by atoms with Crippen LogP contribution in [0.2, 0.25) is 0 Å². The first-order chi connectivity index (χ1) is 14.0. The molecule has 3 aromatic rings. The summed E-state index contributed by atoms with van der Waals surface area (Å²) in [6.45, 7) is 5.45. The number of nitrogens with zero attached hydrogens (tertiary/aromatic N) is 1. The van der Waals surface area contributed by atoms with Crippen LogP contribution >= 0.6 is 22.7 Å². The lowest BCUT2D eigenvalue weighted by molar-refractivity contribution is -0.0227. The van der Waals surface area contributed by atoms with Crippen LogP contribution in [0.15, 0.2) is 48.5 Å². The van der Waals surface area contributed by atoms with Crippen molar-refractivity contribution in [3.05, 3.63) is 73.6 Å². The molecule has 1 aromatic carbocycles. The van der Waals surface area contributed by atoms with Gasteiger partial charge in [0.25, 0.3) is 5.91 Å². The van der Waals surface area contributed by atoms with Crippen molar-refractivity contribution >= 4 is 34.6 Å². The highest BCUT2D eigenvalue weighted by Crippen LogP contribution is 2.28. The fourth-order valence-corrected chi connectivity index (χ4v) is 4.80. The predicted octanol–water partition coefficient (Wildman–Crippen LogP) is 4.86. The number of benzene rings is 1. The van der Waals surface area contributed by atoms with Gasteiger partial charge < -0.3 is 14.4 Å². The van der Waals surface area contributed by atoms with E-state index in [1.807, 2.05) is 55.1 Å². The zero-order valence-corrected chi connectivity index (χ0v) is 17.8. The molecule has 2 aromatic heterocycles. The molecule has 0 radical (unpaired) electrons. The molecule has 0 bridgehead atoms. The monoisotopic (exact) mass is 427 g/mol. The second kappa shape index (κ2) is 8.49. The zero-order chi connectivity index (χ0) is 20.4. The van der Waals surface area contributed by atoms with Crippen molar-refractivity contribution in [2.75, 3.05) is 19.7 Å². The number of carbonyl (C=O) groups excluding carboxylic acids is 2. The average Bonchev–Trinajstić information content (AvgIpc) is 3.36. The molecular formula is C22H21NO4S2. The second-order valence-corrected chi connectivity index (χ2v) is 9.47. The number of morpholine rings is 1. The molecule has 5 nitrogen and oxygen atoms in total. The number of ether oxygens (including phenoxy) is 2. The van der Waals surface area contributed by atoms with Gasteiger partial charge in [-0.15, -0.1) is 22.7 Å². The number of thiophene rings is 2. The molecule has 0 spiro atoms. The molecule has 1 atom stereocenters. The van der Waals surface area contributed by atoms with Crippen LogP contribution in [0.4, 0.5) is 0 Å². The minimum absolute atomic E-state index is 0.0343. The van der Waals surface area contributed by atoms with Crippen molar-refractivity contribution in [1.29, 1.82) is 0 Å². The molecule has 150 valence electrons. The largest absolute Gasteiger partial charge is 0.422 e. The minimum Gasteiger partial charge on any atom is -0.422 e. The lowest BCUT2D eigenvalue weighted by Gasteiger charge is -2.33. The van der Waals surface area contributed by atoms with Gasteiger partial charge in [0.1, 0.15) is 16.7 Å². The van der Waals surface area contributed by atoms with Crippen molar-refractivity contribution < 1.29 is 19.1 Å². The number of amides is 1. The Hall–Kier alpha value is -2.48. The Morgan fingerprint density at radius 2 is 1.76 bits per heavy atom. The summed E-state index contributed by atoms with van der Waals surface area (Å²) in [7, 11) is 0. The van der Waals surface area contributed by atoms with Gasteiger partial charge in [-0.05, 0) is 55.8 Å². The summed E-state index contributed by atoms with van der Waals surface area (Å²) in [6, 6.07) is 14.8. The van der Waals surface area contributed by atoms with Gasteiger partial charge in [-0.2, -0.15) is 0 Å². The Balaban J connectivity index is 1.46. The standard InChI is InChI=1S/C22H21NO4S2/c1-14-6-8-19(28-14)21(24)23-10-11-26-18(13-23)16-4-3-5-17(12-16)27-22(25)20-9-7-15(2)29-20/h3-9,12,18H,10-11,13H2,1-2H3. The number of hydrogen-bond acceptors (Lipinski definition) is 6. The highest BCUT2D eigenvalue weighted by molar-refractivity contribution is 7.14. The zero-order valence-electron chi connectivity index (χ0n) is 16.2. The van der Waals surface area contributed by atoms with E-state index in [0.717, 1.165) is 20.2 Å². The number of hydrogen-bond donors (Lipinski definition) is 0. The van der Waals surface area contributed by atoms with Crippen LogP contribution < -0.4 is 4.74 Å². The Labute approximate surface area is 177 Å². The summed E-state index contributed by atoms with van der Waals surface area (Å²) >= 11 is 2.91. The van der Waals surface area contributed by atoms with E-state index >= 15 is 0 Å². The molecule has 0 aliphatic carbocycles. The summed E-state index contributed by atoms with van der Waals surface area (Å²) < 4.78 is 11.4. The van der Waals surface area contributed by atoms with Crippen molar-refractivity contribution in [3.63, 3.8) is 0 Å². The van der Waals surface area contributed by atoms with Crippen LogP contribution in [0.25, 0.3) is 0 Å². The van der Waals surface area contributed by atoms with Crippen molar-refractivity contribution in [1.82, 2.24) is 4.90 Å². The van der Waals surface area contributed by atoms with Gasteiger partial charge in [-0.25, -0.2) is 4.79 Å². The van der Waals surface area contributed by atoms with Gasteiger partial charge in [0.05, 0.1) is 18.0 Å². The third-order valence-corrected chi connectivity index (χ3v) is 6.66. The normalized spacial score (nSPS) is 16.6. The van der Waals surface area contributed by atoms with E-state index in [0.29, 0.717) is 30.3 Å². The van der Waals surface area contributed by atoms with Crippen molar-refractivity contribution in [3.8, 4) is 5.75 Å². The van der Waals surface area contributed by atoms with E-state index < -0.39 is 0 Å². The first-order valence-corrected chi connectivity index (χ1v) is 11.0. The molecule has 4 rings (SSSR count). The van der Waals surface area contributed by atoms with Gasteiger partial charge in [0.2, 0.25) is 0 Å². The predicted molar refractivity (Wildman–Crippen MR) is 114 cm³/mol. The lowest BCUT2D eigenvalue weighted by Crippen LogP contribution is -2.42. The van der Waals surface area contributed by atoms with Crippen molar-refractivity contribution in [2.24, 2.45) is 0 Å². The lowest BCUT2D eigenvalue weighted by atomic mass is 10.1. The summed E-state index contributed by atoms with van der Waals surface area (Å²) in [4.78, 5) is 30.4. The maximum Gasteiger partial charge on any atom is 0.353 e. The number of esters is 1. The average molecular weight is 428 g/mol. The van der Waals surface area contributed by atoms with Crippen LogP contribution in [0.5, 0.6) is 5.75 Å². The third-order valence-electron chi connectivity index (χ3n) is 4.69. The smallest absolute Gasteiger partial charge is 0.353 e. The molecule has 1 amide bonds. The summed E-state index contributed by atoms with van der Waals surface area (Å²) in [5.74, 6) is 0.140. The Morgan fingerprint density at radius 3 is 2.45 bits per heavy atom. The minimum atomic E-state index is -0.366. The fourth-order valence-electron chi connectivity index (χ4n) is 3.22. The summed E-state index contributed by atoms with van der Waals surface area (Å²) in [5, 5.41) is 0. The molecule has 1 aliphatic heterocycles. The molecular weight excluding hydrogens is 406 g/mol. The molecule has 1 fully saturated rings. The Bertz CT molecular complexity index is 1040. The summed E-state index contributed by atoms with van der Waals surface area (Å²) in [6.07, 6.45) is -0.253. The van der Waals surface area contributed by atoms with Gasteiger partial charge in [-0.3, -0.25) is 4.79 Å². The van der Waals surface area contributed by atoms with E-state index in [4.69, 9.17) is 9.47 Å². The number of carbonyl (C=O) groups is 2. The van der Waals surface area contributed by atoms with E-state index in [9.17, 15) is 9.59 Å². The van der Waals surface area contributed by atoms with Crippen LogP contribution in [-0.4, -0.2) is 36.5 Å². The molecule has 0 N–H and O–H groups in total. The maximum atomic E-state index is 12.8. The van der Waals surface area contributed by atoms with Crippen molar-refractivity contribution in [2.45, 2.75) is 20.0 Å². The van der Waals surface area contributed by atoms with Gasteiger partial charge >= 0.3 is 5.97 Å². The maximum absolute atomic E-state index is 12.8. The Morgan fingerprint density at radius 1 is 1.03 bits per heavy atom. The highest BCUT2D eigenvalue weighted by Gasteiger charge is 2.27. The fraction of sp³-hybridized carbons (Fsp3) is 0.273. The summed E-state index contributed by atoms with van der Waals surface area (Å²) in [5.41, 5.74) is 0.887. The van der Waals surface area contributed by atoms with Crippen LogP contribution in [0, 0.1) is 13.8 Å². The molecule has 3 heterocycles. The molecule has 1 unspecified atom stereocenters. The van der Waals surface area contributed by atoms with Gasteiger partial charge in [-0.1, -0.05) is 12.1 Å². The molecule has 0 saturated carbocycles. The van der Waals surface area contributed by atoms with E-state index in [1.54, 1.807) is 12.1 Å². The van der Waals surface area contributed by atoms with E-state index in [-0.39, 0.29) is 18.0 Å². The molecule has 1 aliphatic rings. The first kappa shape index (κ1) is 19.8. The molecule has 29 heavy (non-hydrogen) atoms. The quantitative estimate of drug-likeness (QED) is 0.441. The molecule has 7 heteroatoms. The molecule has 1 saturated heterocycles. The van der Waals surface area contributed by atoms with E-state index in [1.165, 1.54) is 22.7 Å². The van der Waals surface area contributed by atoms with Crippen LogP contribution in [0.1, 0.15) is 40.8 Å².